The summed E-state index contributed by atoms with van der Waals surface area (Å²) in [6.07, 6.45) is 1.20. The lowest BCUT2D eigenvalue weighted by Crippen LogP contribution is -2.24. The highest BCUT2D eigenvalue weighted by atomic mass is 32.2. The Morgan fingerprint density at radius 3 is 2.54 bits per heavy atom. The van der Waals surface area contributed by atoms with Crippen molar-refractivity contribution in [3.05, 3.63) is 53.5 Å². The van der Waals surface area contributed by atoms with Gasteiger partial charge in [-0.05, 0) is 36.1 Å². The summed E-state index contributed by atoms with van der Waals surface area (Å²) in [6.45, 7) is 3.28. The molecule has 1 saturated carbocycles. The molecule has 2 unspecified atom stereocenters. The van der Waals surface area contributed by atoms with Gasteiger partial charge in [0, 0.05) is 26.6 Å². The van der Waals surface area contributed by atoms with E-state index in [2.05, 4.69) is 18.3 Å². The average molecular weight is 348 g/mol. The van der Waals surface area contributed by atoms with E-state index < -0.39 is 10.0 Å². The van der Waals surface area contributed by atoms with Gasteiger partial charge in [-0.2, -0.15) is 0 Å². The first-order valence-corrected chi connectivity index (χ1v) is 9.63. The first-order valence-electron chi connectivity index (χ1n) is 8.19. The second-order valence-corrected chi connectivity index (χ2v) is 8.74. The third-order valence-electron chi connectivity index (χ3n) is 4.50. The van der Waals surface area contributed by atoms with E-state index >= 15 is 0 Å². The Balaban J connectivity index is 1.64. The maximum absolute atomic E-state index is 12.4. The molecule has 0 aliphatic heterocycles. The SMILES string of the molecule is CC1CC1c1ccc(CNCc2ccccc2S(=O)(=O)N(C)C)o1. The lowest BCUT2D eigenvalue weighted by molar-refractivity contribution is 0.443. The zero-order chi connectivity index (χ0) is 17.3. The first-order chi connectivity index (χ1) is 11.4. The van der Waals surface area contributed by atoms with Gasteiger partial charge in [-0.3, -0.25) is 0 Å². The third-order valence-corrected chi connectivity index (χ3v) is 6.42. The number of benzene rings is 1. The largest absolute Gasteiger partial charge is 0.464 e. The minimum absolute atomic E-state index is 0.342. The minimum Gasteiger partial charge on any atom is -0.464 e. The maximum Gasteiger partial charge on any atom is 0.242 e. The van der Waals surface area contributed by atoms with E-state index in [1.807, 2.05) is 18.2 Å². The van der Waals surface area contributed by atoms with Crippen LogP contribution in [-0.2, 0) is 23.1 Å². The highest BCUT2D eigenvalue weighted by molar-refractivity contribution is 7.89. The highest BCUT2D eigenvalue weighted by Crippen LogP contribution is 2.47. The molecule has 1 aromatic carbocycles. The van der Waals surface area contributed by atoms with Gasteiger partial charge in [0.25, 0.3) is 0 Å². The molecule has 0 amide bonds. The summed E-state index contributed by atoms with van der Waals surface area (Å²) in [7, 11) is -0.349. The van der Waals surface area contributed by atoms with Crippen LogP contribution in [0.4, 0.5) is 0 Å². The monoisotopic (exact) mass is 348 g/mol. The zero-order valence-electron chi connectivity index (χ0n) is 14.3. The van der Waals surface area contributed by atoms with E-state index in [0.717, 1.165) is 23.0 Å². The molecule has 24 heavy (non-hydrogen) atoms. The molecule has 0 spiro atoms. The van der Waals surface area contributed by atoms with E-state index in [0.29, 0.717) is 23.9 Å². The van der Waals surface area contributed by atoms with Crippen LogP contribution < -0.4 is 5.32 Å². The summed E-state index contributed by atoms with van der Waals surface area (Å²) in [5.74, 6) is 3.25. The predicted octanol–water partition coefficient (Wildman–Crippen LogP) is 2.94. The topological polar surface area (TPSA) is 62.6 Å². The fourth-order valence-corrected chi connectivity index (χ4v) is 3.94. The van der Waals surface area contributed by atoms with Crippen molar-refractivity contribution < 1.29 is 12.8 Å². The van der Waals surface area contributed by atoms with Gasteiger partial charge in [0.2, 0.25) is 10.0 Å². The predicted molar refractivity (Wildman–Crippen MR) is 93.1 cm³/mol. The van der Waals surface area contributed by atoms with E-state index in [4.69, 9.17) is 4.42 Å². The quantitative estimate of drug-likeness (QED) is 0.836. The van der Waals surface area contributed by atoms with Gasteiger partial charge in [0.15, 0.2) is 0 Å². The van der Waals surface area contributed by atoms with Crippen LogP contribution in [0.3, 0.4) is 0 Å². The van der Waals surface area contributed by atoms with E-state index in [1.165, 1.54) is 10.7 Å². The van der Waals surface area contributed by atoms with Crippen molar-refractivity contribution in [1.82, 2.24) is 9.62 Å². The molecule has 130 valence electrons. The zero-order valence-corrected chi connectivity index (χ0v) is 15.1. The molecule has 0 bridgehead atoms. The second-order valence-electron chi connectivity index (χ2n) is 6.62. The third kappa shape index (κ3) is 3.55. The summed E-state index contributed by atoms with van der Waals surface area (Å²) >= 11 is 0. The molecule has 1 aliphatic rings. The number of furan rings is 1. The van der Waals surface area contributed by atoms with Crippen LogP contribution in [-0.4, -0.2) is 26.8 Å². The van der Waals surface area contributed by atoms with E-state index in [9.17, 15) is 8.42 Å². The minimum atomic E-state index is -3.44. The maximum atomic E-state index is 12.4. The van der Waals surface area contributed by atoms with Crippen LogP contribution >= 0.6 is 0 Å². The van der Waals surface area contributed by atoms with Crippen LogP contribution in [0.5, 0.6) is 0 Å². The van der Waals surface area contributed by atoms with Crippen molar-refractivity contribution in [3.8, 4) is 0 Å². The Bertz CT molecular complexity index is 811. The molecule has 2 aromatic rings. The van der Waals surface area contributed by atoms with Gasteiger partial charge in [-0.15, -0.1) is 0 Å². The molecule has 1 N–H and O–H groups in total. The van der Waals surface area contributed by atoms with Crippen LogP contribution in [0.25, 0.3) is 0 Å². The van der Waals surface area contributed by atoms with Crippen molar-refractivity contribution in [3.63, 3.8) is 0 Å². The molecular weight excluding hydrogens is 324 g/mol. The Hall–Kier alpha value is -1.63. The number of rotatable bonds is 7. The summed E-state index contributed by atoms with van der Waals surface area (Å²) in [4.78, 5) is 0.342. The lowest BCUT2D eigenvalue weighted by atomic mass is 10.2. The van der Waals surface area contributed by atoms with Crippen LogP contribution in [0.15, 0.2) is 45.7 Å². The standard InChI is InChI=1S/C18H24N2O3S/c1-13-10-16(13)17-9-8-15(23-17)12-19-11-14-6-4-5-7-18(14)24(21,22)20(2)3/h4-9,13,16,19H,10-12H2,1-3H3. The van der Waals surface area contributed by atoms with Crippen LogP contribution in [0.1, 0.15) is 36.3 Å². The summed E-state index contributed by atoms with van der Waals surface area (Å²) in [6, 6.07) is 11.1. The van der Waals surface area contributed by atoms with Gasteiger partial charge in [-0.1, -0.05) is 25.1 Å². The molecule has 0 radical (unpaired) electrons. The van der Waals surface area contributed by atoms with Crippen molar-refractivity contribution >= 4 is 10.0 Å². The highest BCUT2D eigenvalue weighted by Gasteiger charge is 2.36. The first kappa shape index (κ1) is 17.2. The van der Waals surface area contributed by atoms with Crippen LogP contribution in [0, 0.1) is 5.92 Å². The number of nitrogens with one attached hydrogen (secondary N) is 1. The normalized spacial score (nSPS) is 20.5. The Kier molecular flexibility index (Phi) is 4.80. The lowest BCUT2D eigenvalue weighted by Gasteiger charge is -2.15. The number of sulfonamides is 1. The summed E-state index contributed by atoms with van der Waals surface area (Å²) < 4.78 is 31.9. The van der Waals surface area contributed by atoms with Crippen LogP contribution in [0.2, 0.25) is 0 Å². The molecule has 3 rings (SSSR count). The molecule has 1 aromatic heterocycles. The molecule has 6 heteroatoms. The smallest absolute Gasteiger partial charge is 0.242 e. The number of nitrogens with zero attached hydrogens (tertiary/aromatic N) is 1. The molecule has 1 fully saturated rings. The van der Waals surface area contributed by atoms with Gasteiger partial charge >= 0.3 is 0 Å². The fraction of sp³-hybridized carbons (Fsp3) is 0.444. The summed E-state index contributed by atoms with van der Waals surface area (Å²) in [5.41, 5.74) is 0.758. The molecule has 2 atom stereocenters. The molecular formula is C18H24N2O3S. The molecule has 0 saturated heterocycles. The van der Waals surface area contributed by atoms with E-state index in [1.54, 1.807) is 26.2 Å². The van der Waals surface area contributed by atoms with Gasteiger partial charge in [-0.25, -0.2) is 12.7 Å². The Labute approximate surface area is 143 Å². The average Bonchev–Trinajstić information content (AvgIpc) is 3.09. The summed E-state index contributed by atoms with van der Waals surface area (Å²) in [5, 5.41) is 3.28. The van der Waals surface area contributed by atoms with Crippen molar-refractivity contribution in [2.75, 3.05) is 14.1 Å². The van der Waals surface area contributed by atoms with Gasteiger partial charge in [0.05, 0.1) is 11.4 Å². The van der Waals surface area contributed by atoms with Crippen molar-refractivity contribution in [1.29, 1.82) is 0 Å². The van der Waals surface area contributed by atoms with Crippen molar-refractivity contribution in [2.24, 2.45) is 5.92 Å². The number of hydrogen-bond acceptors (Lipinski definition) is 4. The molecule has 1 heterocycles. The van der Waals surface area contributed by atoms with E-state index in [-0.39, 0.29) is 0 Å². The van der Waals surface area contributed by atoms with Gasteiger partial charge in [0.1, 0.15) is 11.5 Å². The second kappa shape index (κ2) is 6.70. The Morgan fingerprint density at radius 2 is 1.88 bits per heavy atom. The van der Waals surface area contributed by atoms with Gasteiger partial charge < -0.3 is 9.73 Å². The van der Waals surface area contributed by atoms with Crippen molar-refractivity contribution in [2.45, 2.75) is 37.2 Å². The Morgan fingerprint density at radius 1 is 1.17 bits per heavy atom. The fourth-order valence-electron chi connectivity index (χ4n) is 2.83. The molecule has 1 aliphatic carbocycles. The number of hydrogen-bond donors (Lipinski definition) is 1. The molecule has 5 nitrogen and oxygen atoms in total.